The first-order chi connectivity index (χ1) is 9.31. The first kappa shape index (κ1) is 16.2. The fraction of sp³-hybridized carbons (Fsp3) is 0.417. The van der Waals surface area contributed by atoms with E-state index in [0.29, 0.717) is 0 Å². The molecular formula is C12H12F4O4. The zero-order chi connectivity index (χ0) is 15.2. The van der Waals surface area contributed by atoms with Crippen molar-refractivity contribution in [3.05, 3.63) is 29.6 Å². The number of hydrogen-bond acceptors (Lipinski definition) is 3. The van der Waals surface area contributed by atoms with Crippen LogP contribution in [-0.2, 0) is 4.74 Å². The van der Waals surface area contributed by atoms with E-state index in [-0.39, 0.29) is 25.2 Å². The standard InChI is InChI=1S/C12H12F4O4/c13-9-4-1-3-8(11(17)18)10(9)20-6-2-5-19-7-12(14,15)16/h1,3-4H,2,5-7H2,(H,17,18). The monoisotopic (exact) mass is 296 g/mol. The molecule has 0 saturated carbocycles. The number of halogens is 4. The molecule has 0 saturated heterocycles. The highest BCUT2D eigenvalue weighted by Gasteiger charge is 2.27. The van der Waals surface area contributed by atoms with Gasteiger partial charge in [-0.3, -0.25) is 0 Å². The van der Waals surface area contributed by atoms with E-state index in [1.165, 1.54) is 12.1 Å². The number of carboxylic acid groups (broad SMARTS) is 1. The van der Waals surface area contributed by atoms with Crippen molar-refractivity contribution in [3.63, 3.8) is 0 Å². The molecule has 4 nitrogen and oxygen atoms in total. The number of benzene rings is 1. The van der Waals surface area contributed by atoms with Crippen LogP contribution in [0.2, 0.25) is 0 Å². The molecule has 1 aromatic carbocycles. The fourth-order valence-electron chi connectivity index (χ4n) is 1.35. The van der Waals surface area contributed by atoms with Crippen LogP contribution in [0.25, 0.3) is 0 Å². The number of hydrogen-bond donors (Lipinski definition) is 1. The highest BCUT2D eigenvalue weighted by molar-refractivity contribution is 5.90. The zero-order valence-electron chi connectivity index (χ0n) is 10.2. The molecule has 0 atom stereocenters. The largest absolute Gasteiger partial charge is 0.490 e. The van der Waals surface area contributed by atoms with Crippen molar-refractivity contribution in [2.24, 2.45) is 0 Å². The maximum atomic E-state index is 13.4. The molecular weight excluding hydrogens is 284 g/mol. The van der Waals surface area contributed by atoms with Gasteiger partial charge in [0.15, 0.2) is 11.6 Å². The van der Waals surface area contributed by atoms with Crippen molar-refractivity contribution in [1.82, 2.24) is 0 Å². The second-order valence-electron chi connectivity index (χ2n) is 3.79. The van der Waals surface area contributed by atoms with Gasteiger partial charge in [-0.15, -0.1) is 0 Å². The molecule has 0 aliphatic carbocycles. The lowest BCUT2D eigenvalue weighted by molar-refractivity contribution is -0.174. The minimum absolute atomic E-state index is 0.0729. The number of aromatic carboxylic acids is 1. The molecule has 112 valence electrons. The van der Waals surface area contributed by atoms with Crippen LogP contribution in [0.4, 0.5) is 17.6 Å². The summed E-state index contributed by atoms with van der Waals surface area (Å²) in [6.07, 6.45) is -4.33. The Morgan fingerprint density at radius 1 is 1.25 bits per heavy atom. The van der Waals surface area contributed by atoms with Gasteiger partial charge in [-0.25, -0.2) is 9.18 Å². The number of rotatable bonds is 7. The minimum atomic E-state index is -4.40. The van der Waals surface area contributed by atoms with Gasteiger partial charge < -0.3 is 14.6 Å². The zero-order valence-corrected chi connectivity index (χ0v) is 10.2. The van der Waals surface area contributed by atoms with Gasteiger partial charge in [0.2, 0.25) is 0 Å². The topological polar surface area (TPSA) is 55.8 Å². The van der Waals surface area contributed by atoms with E-state index in [2.05, 4.69) is 4.74 Å². The van der Waals surface area contributed by atoms with E-state index in [1.807, 2.05) is 0 Å². The van der Waals surface area contributed by atoms with Gasteiger partial charge in [0.05, 0.1) is 13.2 Å². The Hall–Kier alpha value is -1.83. The summed E-state index contributed by atoms with van der Waals surface area (Å²) in [7, 11) is 0. The van der Waals surface area contributed by atoms with E-state index in [9.17, 15) is 22.4 Å². The molecule has 8 heteroatoms. The molecule has 1 aromatic rings. The Morgan fingerprint density at radius 3 is 2.55 bits per heavy atom. The van der Waals surface area contributed by atoms with E-state index in [4.69, 9.17) is 9.84 Å². The molecule has 0 unspecified atom stereocenters. The molecule has 0 radical (unpaired) electrons. The number of alkyl halides is 3. The summed E-state index contributed by atoms with van der Waals surface area (Å²) in [6.45, 7) is -1.75. The predicted octanol–water partition coefficient (Wildman–Crippen LogP) is 2.87. The summed E-state index contributed by atoms with van der Waals surface area (Å²) in [6, 6.07) is 3.42. The Labute approximate surface area is 111 Å². The first-order valence-electron chi connectivity index (χ1n) is 5.60. The van der Waals surface area contributed by atoms with Gasteiger partial charge in [-0.1, -0.05) is 6.07 Å². The van der Waals surface area contributed by atoms with Crippen LogP contribution in [0.5, 0.6) is 5.75 Å². The van der Waals surface area contributed by atoms with Gasteiger partial charge >= 0.3 is 12.1 Å². The van der Waals surface area contributed by atoms with E-state index < -0.39 is 30.3 Å². The Balaban J connectivity index is 2.41. The van der Waals surface area contributed by atoms with Gasteiger partial charge in [-0.2, -0.15) is 13.2 Å². The first-order valence-corrected chi connectivity index (χ1v) is 5.60. The van der Waals surface area contributed by atoms with Gasteiger partial charge in [0.25, 0.3) is 0 Å². The summed E-state index contributed by atoms with van der Waals surface area (Å²) < 4.78 is 57.9. The maximum absolute atomic E-state index is 13.4. The average molecular weight is 296 g/mol. The number of ether oxygens (including phenoxy) is 2. The Bertz CT molecular complexity index is 459. The average Bonchev–Trinajstić information content (AvgIpc) is 2.33. The van der Waals surface area contributed by atoms with Crippen molar-refractivity contribution >= 4 is 5.97 Å². The smallest absolute Gasteiger partial charge is 0.411 e. The van der Waals surface area contributed by atoms with Crippen molar-refractivity contribution in [3.8, 4) is 5.75 Å². The number of carboxylic acids is 1. The normalized spacial score (nSPS) is 11.4. The van der Waals surface area contributed by atoms with Gasteiger partial charge in [0, 0.05) is 6.42 Å². The van der Waals surface area contributed by atoms with Crippen LogP contribution in [0.15, 0.2) is 18.2 Å². The SMILES string of the molecule is O=C(O)c1cccc(F)c1OCCCOCC(F)(F)F. The number of carbonyl (C=O) groups is 1. The fourth-order valence-corrected chi connectivity index (χ4v) is 1.35. The Kier molecular flexibility index (Phi) is 5.75. The molecule has 20 heavy (non-hydrogen) atoms. The van der Waals surface area contributed by atoms with Gasteiger partial charge in [0.1, 0.15) is 12.2 Å². The summed E-state index contributed by atoms with van der Waals surface area (Å²) in [5.41, 5.74) is -0.346. The summed E-state index contributed by atoms with van der Waals surface area (Å²) in [5.74, 6) is -2.63. The Morgan fingerprint density at radius 2 is 1.95 bits per heavy atom. The van der Waals surface area contributed by atoms with Crippen LogP contribution in [0.1, 0.15) is 16.8 Å². The third-order valence-electron chi connectivity index (χ3n) is 2.14. The third-order valence-corrected chi connectivity index (χ3v) is 2.14. The van der Waals surface area contributed by atoms with Crippen molar-refractivity contribution in [2.75, 3.05) is 19.8 Å². The van der Waals surface area contributed by atoms with Crippen LogP contribution in [0, 0.1) is 5.82 Å². The van der Waals surface area contributed by atoms with E-state index in [1.54, 1.807) is 0 Å². The molecule has 0 aromatic heterocycles. The van der Waals surface area contributed by atoms with Crippen LogP contribution in [-0.4, -0.2) is 37.1 Å². The van der Waals surface area contributed by atoms with Crippen LogP contribution >= 0.6 is 0 Å². The lowest BCUT2D eigenvalue weighted by Crippen LogP contribution is -2.18. The molecule has 1 N–H and O–H groups in total. The summed E-state index contributed by atoms with van der Waals surface area (Å²) in [4.78, 5) is 10.8. The molecule has 0 fully saturated rings. The van der Waals surface area contributed by atoms with Crippen molar-refractivity contribution in [1.29, 1.82) is 0 Å². The molecule has 0 aliphatic rings. The van der Waals surface area contributed by atoms with Gasteiger partial charge in [-0.05, 0) is 12.1 Å². The maximum Gasteiger partial charge on any atom is 0.411 e. The van der Waals surface area contributed by atoms with E-state index in [0.717, 1.165) is 6.07 Å². The molecule has 0 bridgehead atoms. The summed E-state index contributed by atoms with van der Waals surface area (Å²) >= 11 is 0. The highest BCUT2D eigenvalue weighted by Crippen LogP contribution is 2.22. The molecule has 0 spiro atoms. The van der Waals surface area contributed by atoms with Crippen LogP contribution < -0.4 is 4.74 Å². The van der Waals surface area contributed by atoms with Crippen molar-refractivity contribution in [2.45, 2.75) is 12.6 Å². The van der Waals surface area contributed by atoms with Crippen LogP contribution in [0.3, 0.4) is 0 Å². The highest BCUT2D eigenvalue weighted by atomic mass is 19.4. The minimum Gasteiger partial charge on any atom is -0.490 e. The molecule has 1 rings (SSSR count). The lowest BCUT2D eigenvalue weighted by Gasteiger charge is -2.10. The van der Waals surface area contributed by atoms with E-state index >= 15 is 0 Å². The second kappa shape index (κ2) is 7.09. The molecule has 0 heterocycles. The third kappa shape index (κ3) is 5.43. The molecule has 0 amide bonds. The quantitative estimate of drug-likeness (QED) is 0.621. The number of para-hydroxylation sites is 1. The molecule has 0 aliphatic heterocycles. The van der Waals surface area contributed by atoms with Crippen molar-refractivity contribution < 1.29 is 36.9 Å². The predicted molar refractivity (Wildman–Crippen MR) is 60.3 cm³/mol. The summed E-state index contributed by atoms with van der Waals surface area (Å²) in [5, 5.41) is 8.82. The lowest BCUT2D eigenvalue weighted by atomic mass is 10.2. The second-order valence-corrected chi connectivity index (χ2v) is 3.79.